The number of hydrogen-bond acceptors (Lipinski definition) is 1. The van der Waals surface area contributed by atoms with E-state index >= 15 is 0 Å². The van der Waals surface area contributed by atoms with Gasteiger partial charge in [0.05, 0.1) is 0 Å². The van der Waals surface area contributed by atoms with Gasteiger partial charge in [0.1, 0.15) is 0 Å². The highest BCUT2D eigenvalue weighted by atomic mass is 127. The lowest BCUT2D eigenvalue weighted by molar-refractivity contribution is 0.477. The van der Waals surface area contributed by atoms with Gasteiger partial charge in [0.2, 0.25) is 0 Å². The molecule has 0 heterocycles. The molecule has 1 rings (SSSR count). The van der Waals surface area contributed by atoms with Gasteiger partial charge in [-0.25, -0.2) is 0 Å². The van der Waals surface area contributed by atoms with E-state index < -0.39 is 0 Å². The summed E-state index contributed by atoms with van der Waals surface area (Å²) in [6.45, 7) is 0. The average molecular weight is 281 g/mol. The van der Waals surface area contributed by atoms with Gasteiger partial charge < -0.3 is 5.73 Å². The van der Waals surface area contributed by atoms with E-state index in [0.717, 1.165) is 3.92 Å². The Morgan fingerprint density at radius 3 is 2.00 bits per heavy atom. The van der Waals surface area contributed by atoms with Crippen LogP contribution in [0.15, 0.2) is 0 Å². The van der Waals surface area contributed by atoms with Crippen LogP contribution in [-0.4, -0.2) is 9.97 Å². The molecule has 0 amide bonds. The Kier molecular flexibility index (Phi) is 5.56. The Morgan fingerprint density at radius 2 is 1.33 bits per heavy atom. The van der Waals surface area contributed by atoms with Crippen LogP contribution in [-0.2, 0) is 0 Å². The third kappa shape index (κ3) is 4.08. The molecule has 1 aliphatic rings. The van der Waals surface area contributed by atoms with E-state index in [0.29, 0.717) is 6.04 Å². The van der Waals surface area contributed by atoms with Gasteiger partial charge in [0, 0.05) is 9.97 Å². The molecule has 0 aromatic carbocycles. The molecule has 0 aliphatic heterocycles. The van der Waals surface area contributed by atoms with E-state index in [-0.39, 0.29) is 0 Å². The van der Waals surface area contributed by atoms with Crippen LogP contribution in [0.5, 0.6) is 0 Å². The minimum atomic E-state index is 0.462. The normalized spacial score (nSPS) is 34.5. The maximum Gasteiger partial charge on any atom is 0.0261 e. The third-order valence-electron chi connectivity index (χ3n) is 2.73. The van der Waals surface area contributed by atoms with Crippen molar-refractivity contribution >= 4 is 22.6 Å². The molecule has 12 heavy (non-hydrogen) atoms. The van der Waals surface area contributed by atoms with E-state index in [1.807, 2.05) is 0 Å². The van der Waals surface area contributed by atoms with Crippen LogP contribution in [0.3, 0.4) is 0 Å². The molecule has 0 radical (unpaired) electrons. The molecule has 0 aromatic heterocycles. The highest BCUT2D eigenvalue weighted by Gasteiger charge is 2.14. The standard InChI is InChI=1S/C10H20IN/c11-9-7-5-3-1-2-4-6-8-10(9)12/h9-10H,1-8,12H2. The average Bonchev–Trinajstić information content (AvgIpc) is 2.08. The first-order valence-electron chi connectivity index (χ1n) is 5.20. The van der Waals surface area contributed by atoms with Crippen molar-refractivity contribution in [3.05, 3.63) is 0 Å². The molecule has 2 N–H and O–H groups in total. The summed E-state index contributed by atoms with van der Waals surface area (Å²) in [5.41, 5.74) is 6.06. The highest BCUT2D eigenvalue weighted by Crippen LogP contribution is 2.21. The van der Waals surface area contributed by atoms with Crippen molar-refractivity contribution in [2.75, 3.05) is 0 Å². The molecule has 2 atom stereocenters. The van der Waals surface area contributed by atoms with Crippen molar-refractivity contribution < 1.29 is 0 Å². The molecule has 1 nitrogen and oxygen atoms in total. The van der Waals surface area contributed by atoms with E-state index in [2.05, 4.69) is 22.6 Å². The molecule has 2 unspecified atom stereocenters. The zero-order chi connectivity index (χ0) is 8.81. The molecule has 0 saturated heterocycles. The van der Waals surface area contributed by atoms with Gasteiger partial charge >= 0.3 is 0 Å². The maximum atomic E-state index is 6.06. The second-order valence-corrected chi connectivity index (χ2v) is 5.48. The number of alkyl halides is 1. The van der Waals surface area contributed by atoms with E-state index in [1.54, 1.807) is 0 Å². The van der Waals surface area contributed by atoms with E-state index in [1.165, 1.54) is 51.4 Å². The molecule has 1 fully saturated rings. The largest absolute Gasteiger partial charge is 0.327 e. The number of rotatable bonds is 0. The van der Waals surface area contributed by atoms with Gasteiger partial charge in [-0.1, -0.05) is 61.1 Å². The number of hydrogen-bond donors (Lipinski definition) is 1. The summed E-state index contributed by atoms with van der Waals surface area (Å²) in [4.78, 5) is 0. The van der Waals surface area contributed by atoms with Crippen molar-refractivity contribution in [3.8, 4) is 0 Å². The fourth-order valence-corrected chi connectivity index (χ4v) is 2.62. The zero-order valence-electron chi connectivity index (χ0n) is 7.77. The summed E-state index contributed by atoms with van der Waals surface area (Å²) in [6.07, 6.45) is 11.0. The van der Waals surface area contributed by atoms with Crippen molar-refractivity contribution in [3.63, 3.8) is 0 Å². The lowest BCUT2D eigenvalue weighted by Crippen LogP contribution is -2.30. The topological polar surface area (TPSA) is 26.0 Å². The van der Waals surface area contributed by atoms with Crippen LogP contribution in [0.2, 0.25) is 0 Å². The van der Waals surface area contributed by atoms with E-state index in [9.17, 15) is 0 Å². The molecule has 0 aromatic rings. The highest BCUT2D eigenvalue weighted by molar-refractivity contribution is 14.1. The summed E-state index contributed by atoms with van der Waals surface area (Å²) < 4.78 is 0.723. The molecule has 1 aliphatic carbocycles. The summed E-state index contributed by atoms with van der Waals surface area (Å²) in [5.74, 6) is 0. The second kappa shape index (κ2) is 6.19. The molecular weight excluding hydrogens is 261 g/mol. The lowest BCUT2D eigenvalue weighted by atomic mass is 9.98. The van der Waals surface area contributed by atoms with Crippen LogP contribution >= 0.6 is 22.6 Å². The number of nitrogens with two attached hydrogens (primary N) is 1. The fourth-order valence-electron chi connectivity index (χ4n) is 1.82. The molecule has 72 valence electrons. The van der Waals surface area contributed by atoms with Crippen molar-refractivity contribution in [1.29, 1.82) is 0 Å². The smallest absolute Gasteiger partial charge is 0.0261 e. The van der Waals surface area contributed by atoms with Crippen LogP contribution < -0.4 is 5.73 Å². The summed E-state index contributed by atoms with van der Waals surface area (Å²) in [6, 6.07) is 0.462. The first-order chi connectivity index (χ1) is 5.80. The number of halogens is 1. The Hall–Kier alpha value is 0.690. The minimum absolute atomic E-state index is 0.462. The van der Waals surface area contributed by atoms with Gasteiger partial charge in [-0.3, -0.25) is 0 Å². The van der Waals surface area contributed by atoms with Crippen molar-refractivity contribution in [2.45, 2.75) is 61.3 Å². The van der Waals surface area contributed by atoms with Gasteiger partial charge in [-0.2, -0.15) is 0 Å². The summed E-state index contributed by atoms with van der Waals surface area (Å²) in [7, 11) is 0. The third-order valence-corrected chi connectivity index (χ3v) is 4.28. The first kappa shape index (κ1) is 10.8. The second-order valence-electron chi connectivity index (χ2n) is 3.88. The Balaban J connectivity index is 2.26. The van der Waals surface area contributed by atoms with Gasteiger partial charge in [0.15, 0.2) is 0 Å². The maximum absolute atomic E-state index is 6.06. The van der Waals surface area contributed by atoms with Crippen LogP contribution in [0.25, 0.3) is 0 Å². The SMILES string of the molecule is NC1CCCCCCCCC1I. The van der Waals surface area contributed by atoms with Crippen LogP contribution in [0.1, 0.15) is 51.4 Å². The Bertz CT molecular complexity index is 102. The lowest BCUT2D eigenvalue weighted by Gasteiger charge is -2.19. The molecule has 1 saturated carbocycles. The predicted octanol–water partition coefficient (Wildman–Crippen LogP) is 3.25. The summed E-state index contributed by atoms with van der Waals surface area (Å²) in [5, 5.41) is 0. The van der Waals surface area contributed by atoms with Gasteiger partial charge in [-0.15, -0.1) is 0 Å². The fraction of sp³-hybridized carbons (Fsp3) is 1.00. The first-order valence-corrected chi connectivity index (χ1v) is 6.45. The minimum Gasteiger partial charge on any atom is -0.327 e. The quantitative estimate of drug-likeness (QED) is 0.535. The van der Waals surface area contributed by atoms with Crippen LogP contribution in [0, 0.1) is 0 Å². The van der Waals surface area contributed by atoms with Crippen molar-refractivity contribution in [1.82, 2.24) is 0 Å². The van der Waals surface area contributed by atoms with E-state index in [4.69, 9.17) is 5.73 Å². The zero-order valence-corrected chi connectivity index (χ0v) is 9.92. The molecule has 0 bridgehead atoms. The van der Waals surface area contributed by atoms with Crippen LogP contribution in [0.4, 0.5) is 0 Å². The molecule has 2 heteroatoms. The monoisotopic (exact) mass is 281 g/mol. The molecular formula is C10H20IN. The van der Waals surface area contributed by atoms with Gasteiger partial charge in [-0.05, 0) is 12.8 Å². The predicted molar refractivity (Wildman–Crippen MR) is 62.7 cm³/mol. The molecule has 0 spiro atoms. The summed E-state index contributed by atoms with van der Waals surface area (Å²) >= 11 is 2.53. The van der Waals surface area contributed by atoms with Gasteiger partial charge in [0.25, 0.3) is 0 Å². The Labute approximate surface area is 89.6 Å². The Morgan fingerprint density at radius 1 is 0.833 bits per heavy atom. The van der Waals surface area contributed by atoms with Crippen molar-refractivity contribution in [2.24, 2.45) is 5.73 Å².